The predicted octanol–water partition coefficient (Wildman–Crippen LogP) is 3.77. The van der Waals surface area contributed by atoms with Crippen LogP contribution in [0.4, 0.5) is 5.69 Å². The first-order chi connectivity index (χ1) is 12.1. The minimum Gasteiger partial charge on any atom is -0.490 e. The third-order valence-electron chi connectivity index (χ3n) is 3.15. The van der Waals surface area contributed by atoms with Gasteiger partial charge in [0.15, 0.2) is 6.61 Å². The highest BCUT2D eigenvalue weighted by Crippen LogP contribution is 2.19. The second-order valence-corrected chi connectivity index (χ2v) is 5.86. The zero-order valence-electron chi connectivity index (χ0n) is 13.9. The maximum atomic E-state index is 12.0. The Balaban J connectivity index is 1.84. The predicted molar refractivity (Wildman–Crippen MR) is 99.3 cm³/mol. The molecule has 2 aromatic carbocycles. The quantitative estimate of drug-likeness (QED) is 0.443. The lowest BCUT2D eigenvalue weighted by Crippen LogP contribution is -2.20. The minimum atomic E-state index is -0.566. The van der Waals surface area contributed by atoms with E-state index in [1.807, 2.05) is 24.5 Å². The average Bonchev–Trinajstić information content (AvgIpc) is 2.65. The first-order valence-electron chi connectivity index (χ1n) is 7.57. The van der Waals surface area contributed by atoms with Crippen molar-refractivity contribution in [3.05, 3.63) is 66.7 Å². The topological polar surface area (TPSA) is 64.6 Å². The monoisotopic (exact) mass is 357 g/mol. The summed E-state index contributed by atoms with van der Waals surface area (Å²) in [4.78, 5) is 24.9. The minimum absolute atomic E-state index is 0.350. The van der Waals surface area contributed by atoms with E-state index in [-0.39, 0.29) is 6.61 Å². The van der Waals surface area contributed by atoms with Gasteiger partial charge in [-0.15, -0.1) is 11.8 Å². The van der Waals surface area contributed by atoms with E-state index >= 15 is 0 Å². The molecule has 130 valence electrons. The first-order valence-corrected chi connectivity index (χ1v) is 8.79. The van der Waals surface area contributed by atoms with Crippen LogP contribution in [0.1, 0.15) is 10.4 Å². The van der Waals surface area contributed by atoms with Crippen molar-refractivity contribution in [2.75, 3.05) is 24.8 Å². The van der Waals surface area contributed by atoms with Gasteiger partial charge >= 0.3 is 5.97 Å². The molecule has 0 radical (unpaired) electrons. The second-order valence-electron chi connectivity index (χ2n) is 4.98. The van der Waals surface area contributed by atoms with Gasteiger partial charge in [-0.1, -0.05) is 18.7 Å². The van der Waals surface area contributed by atoms with Gasteiger partial charge in [-0.2, -0.15) is 0 Å². The molecule has 0 aliphatic carbocycles. The van der Waals surface area contributed by atoms with Crippen molar-refractivity contribution in [3.8, 4) is 5.75 Å². The van der Waals surface area contributed by atoms with Crippen LogP contribution in [0, 0.1) is 0 Å². The summed E-state index contributed by atoms with van der Waals surface area (Å²) < 4.78 is 10.4. The third kappa shape index (κ3) is 6.00. The summed E-state index contributed by atoms with van der Waals surface area (Å²) >= 11 is 1.58. The number of benzene rings is 2. The number of carbonyl (C=O) groups excluding carboxylic acids is 2. The molecule has 0 aromatic heterocycles. The molecule has 0 aliphatic heterocycles. The molecule has 0 heterocycles. The van der Waals surface area contributed by atoms with Gasteiger partial charge in [-0.05, 0) is 48.7 Å². The van der Waals surface area contributed by atoms with Crippen LogP contribution < -0.4 is 10.1 Å². The van der Waals surface area contributed by atoms with Crippen molar-refractivity contribution in [1.82, 2.24) is 0 Å². The second kappa shape index (κ2) is 9.54. The highest BCUT2D eigenvalue weighted by molar-refractivity contribution is 7.98. The van der Waals surface area contributed by atoms with Crippen LogP contribution >= 0.6 is 11.8 Å². The average molecular weight is 357 g/mol. The van der Waals surface area contributed by atoms with E-state index < -0.39 is 11.9 Å². The number of rotatable bonds is 8. The largest absolute Gasteiger partial charge is 0.490 e. The maximum absolute atomic E-state index is 12.0. The molecule has 0 spiro atoms. The number of hydrogen-bond acceptors (Lipinski definition) is 5. The van der Waals surface area contributed by atoms with Crippen molar-refractivity contribution in [3.63, 3.8) is 0 Å². The molecule has 2 rings (SSSR count). The first kappa shape index (κ1) is 18.6. The van der Waals surface area contributed by atoms with Crippen LogP contribution in [-0.4, -0.2) is 31.3 Å². The van der Waals surface area contributed by atoms with Gasteiger partial charge in [0.1, 0.15) is 12.4 Å². The summed E-state index contributed by atoms with van der Waals surface area (Å²) in [7, 11) is 0. The number of anilines is 1. The standard InChI is InChI=1S/C19H19NO4S/c1-3-11-23-16-9-7-14(8-10-16)19(22)24-13-18(21)20-15-5-4-6-17(12-15)25-2/h3-10,12H,1,11,13H2,2H3,(H,20,21). The molecule has 0 atom stereocenters. The normalized spacial score (nSPS) is 9.96. The fourth-order valence-electron chi connectivity index (χ4n) is 1.95. The fraction of sp³-hybridized carbons (Fsp3) is 0.158. The van der Waals surface area contributed by atoms with Crippen LogP contribution in [0.15, 0.2) is 66.1 Å². The molecule has 0 fully saturated rings. The molecule has 0 aliphatic rings. The van der Waals surface area contributed by atoms with Gasteiger partial charge < -0.3 is 14.8 Å². The summed E-state index contributed by atoms with van der Waals surface area (Å²) in [6.45, 7) is 3.60. The van der Waals surface area contributed by atoms with Crippen LogP contribution in [0.5, 0.6) is 5.75 Å². The van der Waals surface area contributed by atoms with Crippen LogP contribution in [-0.2, 0) is 9.53 Å². The molecule has 0 bridgehead atoms. The van der Waals surface area contributed by atoms with Crippen LogP contribution in [0.25, 0.3) is 0 Å². The van der Waals surface area contributed by atoms with E-state index in [1.54, 1.807) is 48.2 Å². The number of carbonyl (C=O) groups is 2. The van der Waals surface area contributed by atoms with Gasteiger partial charge in [0.05, 0.1) is 5.56 Å². The fourth-order valence-corrected chi connectivity index (χ4v) is 2.41. The highest BCUT2D eigenvalue weighted by atomic mass is 32.2. The lowest BCUT2D eigenvalue weighted by Gasteiger charge is -2.08. The van der Waals surface area contributed by atoms with Gasteiger partial charge in [0.2, 0.25) is 0 Å². The number of hydrogen-bond donors (Lipinski definition) is 1. The highest BCUT2D eigenvalue weighted by Gasteiger charge is 2.10. The Morgan fingerprint density at radius 3 is 2.64 bits per heavy atom. The molecule has 25 heavy (non-hydrogen) atoms. The summed E-state index contributed by atoms with van der Waals surface area (Å²) in [6, 6.07) is 13.9. The number of esters is 1. The lowest BCUT2D eigenvalue weighted by molar-refractivity contribution is -0.119. The van der Waals surface area contributed by atoms with Crippen molar-refractivity contribution >= 4 is 29.3 Å². The molecule has 2 aromatic rings. The number of amides is 1. The Bertz CT molecular complexity index is 743. The van der Waals surface area contributed by atoms with Crippen LogP contribution in [0.3, 0.4) is 0 Å². The molecule has 0 unspecified atom stereocenters. The Kier molecular flexibility index (Phi) is 7.10. The van der Waals surface area contributed by atoms with Crippen LogP contribution in [0.2, 0.25) is 0 Å². The SMILES string of the molecule is C=CCOc1ccc(C(=O)OCC(=O)Nc2cccc(SC)c2)cc1. The van der Waals surface area contributed by atoms with E-state index in [0.29, 0.717) is 23.6 Å². The van der Waals surface area contributed by atoms with E-state index in [1.165, 1.54) is 0 Å². The van der Waals surface area contributed by atoms with Gasteiger partial charge in [0, 0.05) is 10.6 Å². The van der Waals surface area contributed by atoms with E-state index in [9.17, 15) is 9.59 Å². The smallest absolute Gasteiger partial charge is 0.338 e. The molecular formula is C19H19NO4S. The Morgan fingerprint density at radius 1 is 1.20 bits per heavy atom. The van der Waals surface area contributed by atoms with Crippen molar-refractivity contribution in [2.45, 2.75) is 4.90 Å². The lowest BCUT2D eigenvalue weighted by atomic mass is 10.2. The molecule has 1 amide bonds. The Morgan fingerprint density at radius 2 is 1.96 bits per heavy atom. The van der Waals surface area contributed by atoms with Crippen molar-refractivity contribution in [1.29, 1.82) is 0 Å². The summed E-state index contributed by atoms with van der Waals surface area (Å²) in [5.41, 5.74) is 1.01. The zero-order chi connectivity index (χ0) is 18.1. The summed E-state index contributed by atoms with van der Waals surface area (Å²) in [6.07, 6.45) is 3.59. The zero-order valence-corrected chi connectivity index (χ0v) is 14.7. The van der Waals surface area contributed by atoms with Gasteiger partial charge in [-0.25, -0.2) is 4.79 Å². The van der Waals surface area contributed by atoms with Crippen molar-refractivity contribution in [2.24, 2.45) is 0 Å². The molecule has 0 saturated heterocycles. The van der Waals surface area contributed by atoms with E-state index in [4.69, 9.17) is 9.47 Å². The molecular weight excluding hydrogens is 338 g/mol. The molecule has 1 N–H and O–H groups in total. The van der Waals surface area contributed by atoms with Gasteiger partial charge in [0.25, 0.3) is 5.91 Å². The summed E-state index contributed by atoms with van der Waals surface area (Å²) in [5, 5.41) is 2.70. The number of nitrogens with one attached hydrogen (secondary N) is 1. The Hall–Kier alpha value is -2.73. The van der Waals surface area contributed by atoms with Crippen molar-refractivity contribution < 1.29 is 19.1 Å². The van der Waals surface area contributed by atoms with Gasteiger partial charge in [-0.3, -0.25) is 4.79 Å². The number of ether oxygens (including phenoxy) is 2. The van der Waals surface area contributed by atoms with E-state index in [0.717, 1.165) is 4.90 Å². The Labute approximate surface area is 151 Å². The van der Waals surface area contributed by atoms with E-state index in [2.05, 4.69) is 11.9 Å². The molecule has 5 nitrogen and oxygen atoms in total. The summed E-state index contributed by atoms with van der Waals surface area (Å²) in [5.74, 6) is -0.330. The number of thioether (sulfide) groups is 1. The molecule has 0 saturated carbocycles. The maximum Gasteiger partial charge on any atom is 0.338 e. The molecule has 6 heteroatoms. The third-order valence-corrected chi connectivity index (χ3v) is 3.87.